The quantitative estimate of drug-likeness (QED) is 0.550. The Morgan fingerprint density at radius 1 is 0.667 bits per heavy atom. The van der Waals surface area contributed by atoms with E-state index in [2.05, 4.69) is 0 Å². The molecule has 0 bridgehead atoms. The number of carbonyl (C=O) groups excluding carboxylic acids is 2. The van der Waals surface area contributed by atoms with Crippen molar-refractivity contribution in [2.24, 2.45) is 0 Å². The molecule has 0 spiro atoms. The van der Waals surface area contributed by atoms with Gasteiger partial charge in [-0.15, -0.1) is 0 Å². The SMILES string of the molecule is O=C1c2ccccc2C(=O)c2c1ccc(Oc1ccccc1)c2F. The molecule has 0 unspecified atom stereocenters. The molecule has 0 fully saturated rings. The van der Waals surface area contributed by atoms with Crippen LogP contribution < -0.4 is 4.74 Å². The second-order valence-corrected chi connectivity index (χ2v) is 5.42. The van der Waals surface area contributed by atoms with E-state index in [1.807, 2.05) is 6.07 Å². The average Bonchev–Trinajstić information content (AvgIpc) is 2.62. The maximum atomic E-state index is 14.9. The van der Waals surface area contributed by atoms with Gasteiger partial charge in [0, 0.05) is 16.7 Å². The zero-order chi connectivity index (χ0) is 16.7. The van der Waals surface area contributed by atoms with E-state index >= 15 is 0 Å². The Bertz CT molecular complexity index is 977. The molecule has 0 saturated heterocycles. The largest absolute Gasteiger partial charge is 0.454 e. The van der Waals surface area contributed by atoms with Gasteiger partial charge in [-0.3, -0.25) is 9.59 Å². The maximum Gasteiger partial charge on any atom is 0.197 e. The number of hydrogen-bond donors (Lipinski definition) is 0. The van der Waals surface area contributed by atoms with Crippen molar-refractivity contribution < 1.29 is 18.7 Å². The molecule has 0 radical (unpaired) electrons. The number of hydrogen-bond acceptors (Lipinski definition) is 3. The lowest BCUT2D eigenvalue weighted by atomic mass is 9.84. The summed E-state index contributed by atoms with van der Waals surface area (Å²) in [5.74, 6) is -1.31. The van der Waals surface area contributed by atoms with Crippen LogP contribution in [-0.4, -0.2) is 11.6 Å². The van der Waals surface area contributed by atoms with Crippen LogP contribution in [0.2, 0.25) is 0 Å². The van der Waals surface area contributed by atoms with Crippen LogP contribution >= 0.6 is 0 Å². The minimum atomic E-state index is -0.816. The molecule has 3 aromatic carbocycles. The molecule has 4 rings (SSSR count). The first-order chi connectivity index (χ1) is 11.7. The highest BCUT2D eigenvalue weighted by atomic mass is 19.1. The fraction of sp³-hybridized carbons (Fsp3) is 0. The molecule has 116 valence electrons. The molecule has 1 aliphatic carbocycles. The first-order valence-corrected chi connectivity index (χ1v) is 7.40. The van der Waals surface area contributed by atoms with Gasteiger partial charge in [0.25, 0.3) is 0 Å². The van der Waals surface area contributed by atoms with Crippen molar-refractivity contribution in [3.05, 3.63) is 94.8 Å². The van der Waals surface area contributed by atoms with Gasteiger partial charge in [0.05, 0.1) is 5.56 Å². The molecule has 0 saturated carbocycles. The summed E-state index contributed by atoms with van der Waals surface area (Å²) in [5.41, 5.74) is 0.348. The van der Waals surface area contributed by atoms with E-state index in [9.17, 15) is 14.0 Å². The minimum absolute atomic E-state index is 0.0663. The van der Waals surface area contributed by atoms with Crippen LogP contribution in [-0.2, 0) is 0 Å². The smallest absolute Gasteiger partial charge is 0.197 e. The summed E-state index contributed by atoms with van der Waals surface area (Å²) in [6.07, 6.45) is 0. The zero-order valence-corrected chi connectivity index (χ0v) is 12.5. The third-order valence-corrected chi connectivity index (χ3v) is 3.97. The third kappa shape index (κ3) is 2.12. The van der Waals surface area contributed by atoms with Crippen molar-refractivity contribution in [1.82, 2.24) is 0 Å². The van der Waals surface area contributed by atoms with E-state index in [-0.39, 0.29) is 28.2 Å². The van der Waals surface area contributed by atoms with Crippen molar-refractivity contribution in [2.45, 2.75) is 0 Å². The van der Waals surface area contributed by atoms with Crippen LogP contribution in [0.3, 0.4) is 0 Å². The van der Waals surface area contributed by atoms with Gasteiger partial charge in [-0.1, -0.05) is 42.5 Å². The number of rotatable bonds is 2. The molecular weight excluding hydrogens is 307 g/mol. The lowest BCUT2D eigenvalue weighted by molar-refractivity contribution is 0.0975. The molecule has 4 heteroatoms. The van der Waals surface area contributed by atoms with Gasteiger partial charge >= 0.3 is 0 Å². The van der Waals surface area contributed by atoms with E-state index in [0.717, 1.165) is 0 Å². The van der Waals surface area contributed by atoms with Crippen LogP contribution in [0.25, 0.3) is 0 Å². The number of benzene rings is 3. The fourth-order valence-corrected chi connectivity index (χ4v) is 2.82. The number of ether oxygens (including phenoxy) is 1. The minimum Gasteiger partial charge on any atom is -0.454 e. The highest BCUT2D eigenvalue weighted by Gasteiger charge is 2.33. The zero-order valence-electron chi connectivity index (χ0n) is 12.5. The summed E-state index contributed by atoms with van der Waals surface area (Å²) in [7, 11) is 0. The number of fused-ring (bicyclic) bond motifs is 2. The van der Waals surface area contributed by atoms with Crippen LogP contribution in [0.1, 0.15) is 31.8 Å². The molecule has 0 N–H and O–H groups in total. The predicted molar refractivity (Wildman–Crippen MR) is 86.2 cm³/mol. The van der Waals surface area contributed by atoms with Gasteiger partial charge in [-0.2, -0.15) is 0 Å². The van der Waals surface area contributed by atoms with Crippen LogP contribution in [0.4, 0.5) is 4.39 Å². The number of para-hydroxylation sites is 1. The first-order valence-electron chi connectivity index (χ1n) is 7.40. The average molecular weight is 318 g/mol. The van der Waals surface area contributed by atoms with E-state index in [0.29, 0.717) is 11.3 Å². The monoisotopic (exact) mass is 318 g/mol. The summed E-state index contributed by atoms with van der Waals surface area (Å²) in [6.45, 7) is 0. The summed E-state index contributed by atoms with van der Waals surface area (Å²) in [6, 6.07) is 17.9. The highest BCUT2D eigenvalue weighted by Crippen LogP contribution is 2.34. The second-order valence-electron chi connectivity index (χ2n) is 5.42. The van der Waals surface area contributed by atoms with Gasteiger partial charge in [0.1, 0.15) is 5.75 Å². The molecule has 0 aliphatic heterocycles. The van der Waals surface area contributed by atoms with Crippen LogP contribution in [0.15, 0.2) is 66.7 Å². The standard InChI is InChI=1S/C20H11FO3/c21-18-16(24-12-6-2-1-3-7-12)11-10-15-17(18)20(23)14-9-5-4-8-13(14)19(15)22/h1-11H. The third-order valence-electron chi connectivity index (χ3n) is 3.97. The second kappa shape index (κ2) is 5.42. The summed E-state index contributed by atoms with van der Waals surface area (Å²) >= 11 is 0. The molecule has 3 nitrogen and oxygen atoms in total. The Morgan fingerprint density at radius 3 is 2.00 bits per heavy atom. The summed E-state index contributed by atoms with van der Waals surface area (Å²) in [4.78, 5) is 25.1. The molecular formula is C20H11FO3. The van der Waals surface area contributed by atoms with Crippen molar-refractivity contribution in [1.29, 1.82) is 0 Å². The summed E-state index contributed by atoms with van der Waals surface area (Å²) in [5, 5.41) is 0. The predicted octanol–water partition coefficient (Wildman–Crippen LogP) is 4.39. The van der Waals surface area contributed by atoms with Crippen LogP contribution in [0, 0.1) is 5.82 Å². The van der Waals surface area contributed by atoms with Crippen LogP contribution in [0.5, 0.6) is 11.5 Å². The Labute approximate surface area is 137 Å². The fourth-order valence-electron chi connectivity index (χ4n) is 2.82. The Morgan fingerprint density at radius 2 is 1.29 bits per heavy atom. The van der Waals surface area contributed by atoms with Gasteiger partial charge in [0.2, 0.25) is 0 Å². The van der Waals surface area contributed by atoms with Gasteiger partial charge < -0.3 is 4.74 Å². The number of carbonyl (C=O) groups is 2. The van der Waals surface area contributed by atoms with E-state index < -0.39 is 11.6 Å². The van der Waals surface area contributed by atoms with Crippen molar-refractivity contribution in [2.75, 3.05) is 0 Å². The lowest BCUT2D eigenvalue weighted by Crippen LogP contribution is -2.22. The lowest BCUT2D eigenvalue weighted by Gasteiger charge is -2.19. The molecule has 0 amide bonds. The van der Waals surface area contributed by atoms with Gasteiger partial charge in [-0.05, 0) is 24.3 Å². The molecule has 0 aromatic heterocycles. The molecule has 0 atom stereocenters. The molecule has 1 aliphatic rings. The van der Waals surface area contributed by atoms with Crippen molar-refractivity contribution in [3.8, 4) is 11.5 Å². The Balaban J connectivity index is 1.84. The van der Waals surface area contributed by atoms with E-state index in [4.69, 9.17) is 4.74 Å². The van der Waals surface area contributed by atoms with Crippen molar-refractivity contribution >= 4 is 11.6 Å². The van der Waals surface area contributed by atoms with Crippen molar-refractivity contribution in [3.63, 3.8) is 0 Å². The molecule has 3 aromatic rings. The Kier molecular flexibility index (Phi) is 3.24. The maximum absolute atomic E-state index is 14.9. The summed E-state index contributed by atoms with van der Waals surface area (Å²) < 4.78 is 20.4. The van der Waals surface area contributed by atoms with E-state index in [1.54, 1.807) is 42.5 Å². The van der Waals surface area contributed by atoms with Gasteiger partial charge in [0.15, 0.2) is 23.1 Å². The molecule has 24 heavy (non-hydrogen) atoms. The number of halogens is 1. The first kappa shape index (κ1) is 14.3. The number of ketones is 2. The molecule has 0 heterocycles. The van der Waals surface area contributed by atoms with E-state index in [1.165, 1.54) is 18.2 Å². The topological polar surface area (TPSA) is 43.4 Å². The Hall–Kier alpha value is -3.27. The normalized spacial score (nSPS) is 12.5. The highest BCUT2D eigenvalue weighted by molar-refractivity contribution is 6.28. The van der Waals surface area contributed by atoms with Gasteiger partial charge in [-0.25, -0.2) is 4.39 Å².